The summed E-state index contributed by atoms with van der Waals surface area (Å²) in [5.41, 5.74) is 1.04. The average molecular weight is 269 g/mol. The number of rotatable bonds is 4. The molecule has 1 aromatic heterocycles. The van der Waals surface area contributed by atoms with Crippen molar-refractivity contribution < 1.29 is 5.11 Å². The molecule has 1 atom stereocenters. The number of benzene rings is 2. The highest BCUT2D eigenvalue weighted by molar-refractivity contribution is 7.10. The minimum Gasteiger partial charge on any atom is -0.386 e. The topological polar surface area (TPSA) is 32.3 Å². The first-order chi connectivity index (χ1) is 9.33. The van der Waals surface area contributed by atoms with E-state index in [1.54, 1.807) is 11.3 Å². The summed E-state index contributed by atoms with van der Waals surface area (Å²) in [6, 6.07) is 18.4. The molecule has 0 amide bonds. The fraction of sp³-hybridized carbons (Fsp3) is 0.125. The third-order valence-corrected chi connectivity index (χ3v) is 4.09. The minimum atomic E-state index is -0.452. The second-order valence-electron chi connectivity index (χ2n) is 4.47. The van der Waals surface area contributed by atoms with Gasteiger partial charge in [-0.1, -0.05) is 36.4 Å². The van der Waals surface area contributed by atoms with Gasteiger partial charge in [0.1, 0.15) is 6.10 Å². The van der Waals surface area contributed by atoms with Gasteiger partial charge in [-0.05, 0) is 34.4 Å². The Morgan fingerprint density at radius 1 is 1.00 bits per heavy atom. The highest BCUT2D eigenvalue weighted by atomic mass is 32.1. The van der Waals surface area contributed by atoms with Crippen LogP contribution in [0.3, 0.4) is 0 Å². The molecular formula is C16H15NOS. The SMILES string of the molecule is OC(CNc1ccc2ccccc2c1)c1cccs1. The van der Waals surface area contributed by atoms with Crippen LogP contribution in [0, 0.1) is 0 Å². The molecule has 96 valence electrons. The van der Waals surface area contributed by atoms with Gasteiger partial charge in [0, 0.05) is 17.1 Å². The highest BCUT2D eigenvalue weighted by Crippen LogP contribution is 2.22. The van der Waals surface area contributed by atoms with Crippen molar-refractivity contribution in [2.75, 3.05) is 11.9 Å². The van der Waals surface area contributed by atoms with Gasteiger partial charge in [-0.2, -0.15) is 0 Å². The Balaban J connectivity index is 1.71. The maximum Gasteiger partial charge on any atom is 0.105 e. The Morgan fingerprint density at radius 2 is 1.84 bits per heavy atom. The Labute approximate surface area is 116 Å². The van der Waals surface area contributed by atoms with Gasteiger partial charge in [-0.25, -0.2) is 0 Å². The molecule has 3 rings (SSSR count). The lowest BCUT2D eigenvalue weighted by molar-refractivity contribution is 0.195. The van der Waals surface area contributed by atoms with E-state index in [4.69, 9.17) is 0 Å². The number of aliphatic hydroxyl groups is 1. The van der Waals surface area contributed by atoms with Gasteiger partial charge in [0.25, 0.3) is 0 Å². The molecule has 0 bridgehead atoms. The molecule has 1 unspecified atom stereocenters. The molecule has 0 aliphatic rings. The zero-order valence-electron chi connectivity index (χ0n) is 10.4. The average Bonchev–Trinajstić information content (AvgIpc) is 2.99. The van der Waals surface area contributed by atoms with Crippen LogP contribution in [-0.2, 0) is 0 Å². The van der Waals surface area contributed by atoms with Crippen LogP contribution in [0.2, 0.25) is 0 Å². The number of hydrogen-bond donors (Lipinski definition) is 2. The number of fused-ring (bicyclic) bond motifs is 1. The first-order valence-corrected chi connectivity index (χ1v) is 7.15. The normalized spacial score (nSPS) is 12.5. The Morgan fingerprint density at radius 3 is 2.63 bits per heavy atom. The van der Waals surface area contributed by atoms with Crippen molar-refractivity contribution in [2.45, 2.75) is 6.10 Å². The van der Waals surface area contributed by atoms with E-state index < -0.39 is 6.10 Å². The minimum absolute atomic E-state index is 0.452. The smallest absolute Gasteiger partial charge is 0.105 e. The van der Waals surface area contributed by atoms with Crippen LogP contribution in [0.1, 0.15) is 11.0 Å². The quantitative estimate of drug-likeness (QED) is 0.749. The number of hydrogen-bond acceptors (Lipinski definition) is 3. The van der Waals surface area contributed by atoms with Crippen molar-refractivity contribution in [2.24, 2.45) is 0 Å². The highest BCUT2D eigenvalue weighted by Gasteiger charge is 2.07. The summed E-state index contributed by atoms with van der Waals surface area (Å²) in [6.45, 7) is 0.527. The van der Waals surface area contributed by atoms with E-state index >= 15 is 0 Å². The Kier molecular flexibility index (Phi) is 3.49. The Hall–Kier alpha value is -1.84. The van der Waals surface area contributed by atoms with E-state index in [1.165, 1.54) is 10.8 Å². The van der Waals surface area contributed by atoms with Crippen LogP contribution in [0.15, 0.2) is 60.0 Å². The first-order valence-electron chi connectivity index (χ1n) is 6.27. The molecule has 19 heavy (non-hydrogen) atoms. The van der Waals surface area contributed by atoms with E-state index in [9.17, 15) is 5.11 Å². The second kappa shape index (κ2) is 5.43. The van der Waals surface area contributed by atoms with Crippen LogP contribution in [0.25, 0.3) is 10.8 Å². The van der Waals surface area contributed by atoms with Crippen LogP contribution in [0.4, 0.5) is 5.69 Å². The number of aliphatic hydroxyl groups excluding tert-OH is 1. The second-order valence-corrected chi connectivity index (χ2v) is 5.45. The molecule has 0 saturated heterocycles. The van der Waals surface area contributed by atoms with E-state index in [0.29, 0.717) is 6.54 Å². The molecule has 3 heteroatoms. The molecule has 0 aliphatic carbocycles. The third-order valence-electron chi connectivity index (χ3n) is 3.12. The van der Waals surface area contributed by atoms with Gasteiger partial charge >= 0.3 is 0 Å². The van der Waals surface area contributed by atoms with Crippen molar-refractivity contribution >= 4 is 27.8 Å². The Bertz CT molecular complexity index is 663. The molecule has 2 aromatic carbocycles. The molecule has 3 aromatic rings. The van der Waals surface area contributed by atoms with Crippen molar-refractivity contribution in [3.8, 4) is 0 Å². The summed E-state index contributed by atoms with van der Waals surface area (Å²) in [5.74, 6) is 0. The first kappa shape index (κ1) is 12.2. The summed E-state index contributed by atoms with van der Waals surface area (Å²) in [6.07, 6.45) is -0.452. The van der Waals surface area contributed by atoms with Crippen LogP contribution < -0.4 is 5.32 Å². The van der Waals surface area contributed by atoms with Gasteiger partial charge in [0.05, 0.1) is 0 Å². The number of nitrogens with one attached hydrogen (secondary N) is 1. The summed E-state index contributed by atoms with van der Waals surface area (Å²) in [7, 11) is 0. The van der Waals surface area contributed by atoms with Gasteiger partial charge in [-0.15, -0.1) is 11.3 Å². The third kappa shape index (κ3) is 2.78. The standard InChI is InChI=1S/C16H15NOS/c18-15(16-6-3-9-19-16)11-17-14-8-7-12-4-1-2-5-13(12)10-14/h1-10,15,17-18H,11H2. The van der Waals surface area contributed by atoms with Gasteiger partial charge in [-0.3, -0.25) is 0 Å². The maximum absolute atomic E-state index is 10.0. The predicted octanol–water partition coefficient (Wildman–Crippen LogP) is 4.05. The van der Waals surface area contributed by atoms with Crippen molar-refractivity contribution in [3.05, 3.63) is 64.9 Å². The largest absolute Gasteiger partial charge is 0.386 e. The lowest BCUT2D eigenvalue weighted by atomic mass is 10.1. The fourth-order valence-electron chi connectivity index (χ4n) is 2.10. The molecular weight excluding hydrogens is 254 g/mol. The fourth-order valence-corrected chi connectivity index (χ4v) is 2.81. The molecule has 2 nitrogen and oxygen atoms in total. The van der Waals surface area contributed by atoms with E-state index in [-0.39, 0.29) is 0 Å². The molecule has 0 radical (unpaired) electrons. The van der Waals surface area contributed by atoms with Crippen LogP contribution >= 0.6 is 11.3 Å². The van der Waals surface area contributed by atoms with E-state index in [2.05, 4.69) is 29.6 Å². The molecule has 0 fully saturated rings. The molecule has 0 saturated carbocycles. The zero-order chi connectivity index (χ0) is 13.1. The summed E-state index contributed by atoms with van der Waals surface area (Å²) in [5, 5.41) is 17.7. The zero-order valence-corrected chi connectivity index (χ0v) is 11.2. The summed E-state index contributed by atoms with van der Waals surface area (Å²) < 4.78 is 0. The molecule has 1 heterocycles. The van der Waals surface area contributed by atoms with Crippen LogP contribution in [-0.4, -0.2) is 11.7 Å². The lowest BCUT2D eigenvalue weighted by Crippen LogP contribution is -2.10. The van der Waals surface area contributed by atoms with Gasteiger partial charge < -0.3 is 10.4 Å². The summed E-state index contributed by atoms with van der Waals surface area (Å²) in [4.78, 5) is 0.994. The van der Waals surface area contributed by atoms with E-state index in [1.807, 2.05) is 35.7 Å². The molecule has 2 N–H and O–H groups in total. The van der Waals surface area contributed by atoms with Crippen LogP contribution in [0.5, 0.6) is 0 Å². The maximum atomic E-state index is 10.0. The lowest BCUT2D eigenvalue weighted by Gasteiger charge is -2.12. The van der Waals surface area contributed by atoms with Crippen molar-refractivity contribution in [3.63, 3.8) is 0 Å². The monoisotopic (exact) mass is 269 g/mol. The number of thiophene rings is 1. The number of anilines is 1. The van der Waals surface area contributed by atoms with Crippen molar-refractivity contribution in [1.82, 2.24) is 0 Å². The molecule has 0 spiro atoms. The molecule has 0 aliphatic heterocycles. The van der Waals surface area contributed by atoms with Crippen molar-refractivity contribution in [1.29, 1.82) is 0 Å². The predicted molar refractivity (Wildman–Crippen MR) is 81.7 cm³/mol. The van der Waals surface area contributed by atoms with Gasteiger partial charge in [0.15, 0.2) is 0 Å². The van der Waals surface area contributed by atoms with E-state index in [0.717, 1.165) is 10.6 Å². The summed E-state index contributed by atoms with van der Waals surface area (Å²) >= 11 is 1.58. The van der Waals surface area contributed by atoms with Gasteiger partial charge in [0.2, 0.25) is 0 Å².